The molecule has 2 bridgehead atoms. The summed E-state index contributed by atoms with van der Waals surface area (Å²) in [4.78, 5) is 14.7. The summed E-state index contributed by atoms with van der Waals surface area (Å²) in [6.45, 7) is 2.35. The zero-order chi connectivity index (χ0) is 18.8. The molecule has 3 aliphatic rings. The van der Waals surface area contributed by atoms with Crippen LogP contribution in [0.1, 0.15) is 50.5 Å². The molecular formula is C21H29F2N3O. The van der Waals surface area contributed by atoms with E-state index in [0.717, 1.165) is 44.3 Å². The second-order valence-corrected chi connectivity index (χ2v) is 8.55. The molecule has 3 aliphatic heterocycles. The van der Waals surface area contributed by atoms with Gasteiger partial charge in [-0.15, -0.1) is 0 Å². The maximum absolute atomic E-state index is 13.3. The molecule has 0 saturated carbocycles. The van der Waals surface area contributed by atoms with E-state index in [1.54, 1.807) is 6.07 Å². The third-order valence-electron chi connectivity index (χ3n) is 6.39. The fourth-order valence-corrected chi connectivity index (χ4v) is 5.02. The average Bonchev–Trinajstić information content (AvgIpc) is 2.98. The van der Waals surface area contributed by atoms with Crippen LogP contribution in [0.15, 0.2) is 18.2 Å². The van der Waals surface area contributed by atoms with Crippen LogP contribution in [-0.2, 0) is 11.3 Å². The van der Waals surface area contributed by atoms with Gasteiger partial charge in [0, 0.05) is 44.2 Å². The first-order valence-corrected chi connectivity index (χ1v) is 10.3. The minimum Gasteiger partial charge on any atom is -0.353 e. The number of amides is 1. The molecule has 2 N–H and O–H groups in total. The first-order valence-electron chi connectivity index (χ1n) is 10.3. The first-order chi connectivity index (χ1) is 13.0. The van der Waals surface area contributed by atoms with Gasteiger partial charge in [0.05, 0.1) is 0 Å². The molecule has 3 heterocycles. The van der Waals surface area contributed by atoms with Crippen LogP contribution >= 0.6 is 0 Å². The lowest BCUT2D eigenvalue weighted by Crippen LogP contribution is -2.45. The van der Waals surface area contributed by atoms with Crippen molar-refractivity contribution >= 4 is 5.91 Å². The molecule has 1 aromatic carbocycles. The summed E-state index contributed by atoms with van der Waals surface area (Å²) < 4.78 is 26.4. The number of carbonyl (C=O) groups excluding carboxylic acids is 1. The smallest absolute Gasteiger partial charge is 0.220 e. The number of hydrogen-bond acceptors (Lipinski definition) is 3. The van der Waals surface area contributed by atoms with Gasteiger partial charge < -0.3 is 10.6 Å². The topological polar surface area (TPSA) is 44.4 Å². The lowest BCUT2D eigenvalue weighted by Gasteiger charge is -2.33. The van der Waals surface area contributed by atoms with Crippen molar-refractivity contribution in [1.29, 1.82) is 0 Å². The molecule has 2 unspecified atom stereocenters. The normalized spacial score (nSPS) is 29.0. The number of rotatable bonds is 5. The fraction of sp³-hybridized carbons (Fsp3) is 0.667. The van der Waals surface area contributed by atoms with Crippen LogP contribution in [0.25, 0.3) is 0 Å². The Bertz CT molecular complexity index is 663. The summed E-state index contributed by atoms with van der Waals surface area (Å²) in [6, 6.07) is 5.58. The minimum atomic E-state index is -0.804. The van der Waals surface area contributed by atoms with E-state index < -0.39 is 11.6 Å². The quantitative estimate of drug-likeness (QED) is 0.829. The lowest BCUT2D eigenvalue weighted by molar-refractivity contribution is -0.123. The molecule has 1 amide bonds. The highest BCUT2D eigenvalue weighted by Crippen LogP contribution is 2.32. The van der Waals surface area contributed by atoms with E-state index in [4.69, 9.17) is 0 Å². The largest absolute Gasteiger partial charge is 0.353 e. The van der Waals surface area contributed by atoms with Gasteiger partial charge in [-0.2, -0.15) is 0 Å². The van der Waals surface area contributed by atoms with E-state index in [9.17, 15) is 13.6 Å². The van der Waals surface area contributed by atoms with Crippen molar-refractivity contribution in [3.05, 3.63) is 35.4 Å². The molecule has 3 fully saturated rings. The van der Waals surface area contributed by atoms with Crippen LogP contribution in [0.4, 0.5) is 8.78 Å². The Balaban J connectivity index is 1.19. The van der Waals surface area contributed by atoms with E-state index in [1.165, 1.54) is 25.0 Å². The van der Waals surface area contributed by atoms with Gasteiger partial charge >= 0.3 is 0 Å². The van der Waals surface area contributed by atoms with E-state index >= 15 is 0 Å². The van der Waals surface area contributed by atoms with E-state index in [0.29, 0.717) is 31.0 Å². The number of likely N-dealkylation sites (tertiary alicyclic amines) is 1. The molecule has 0 radical (unpaired) electrons. The second-order valence-electron chi connectivity index (χ2n) is 8.55. The summed E-state index contributed by atoms with van der Waals surface area (Å²) in [6.07, 6.45) is 7.27. The lowest BCUT2D eigenvalue weighted by atomic mass is 9.89. The Labute approximate surface area is 159 Å². The fourth-order valence-electron chi connectivity index (χ4n) is 5.02. The van der Waals surface area contributed by atoms with Crippen molar-refractivity contribution in [2.45, 2.75) is 69.6 Å². The highest BCUT2D eigenvalue weighted by atomic mass is 19.2. The van der Waals surface area contributed by atoms with Gasteiger partial charge in [-0.05, 0) is 62.1 Å². The Kier molecular flexibility index (Phi) is 5.74. The Hall–Kier alpha value is -1.53. The number of carbonyl (C=O) groups is 1. The molecule has 1 aromatic rings. The molecule has 4 nitrogen and oxygen atoms in total. The highest BCUT2D eigenvalue weighted by molar-refractivity contribution is 5.76. The van der Waals surface area contributed by atoms with Gasteiger partial charge in [-0.25, -0.2) is 8.78 Å². The second kappa shape index (κ2) is 8.23. The molecule has 2 atom stereocenters. The SMILES string of the molecule is O=C(CC1CC2CCC(C1)N2)NC1CCN(Cc2ccc(F)c(F)c2)CC1. The molecular weight excluding hydrogens is 348 g/mol. The van der Waals surface area contributed by atoms with Crippen LogP contribution < -0.4 is 10.6 Å². The maximum Gasteiger partial charge on any atom is 0.220 e. The predicted octanol–water partition coefficient (Wildman–Crippen LogP) is 2.97. The van der Waals surface area contributed by atoms with Crippen molar-refractivity contribution in [1.82, 2.24) is 15.5 Å². The first kappa shape index (κ1) is 18.8. The van der Waals surface area contributed by atoms with Gasteiger partial charge in [0.15, 0.2) is 11.6 Å². The van der Waals surface area contributed by atoms with Crippen LogP contribution in [0, 0.1) is 17.6 Å². The molecule has 3 saturated heterocycles. The number of hydrogen-bond donors (Lipinski definition) is 2. The average molecular weight is 377 g/mol. The number of nitrogens with zero attached hydrogens (tertiary/aromatic N) is 1. The van der Waals surface area contributed by atoms with Gasteiger partial charge in [-0.3, -0.25) is 9.69 Å². The van der Waals surface area contributed by atoms with E-state index in [2.05, 4.69) is 15.5 Å². The molecule has 0 aliphatic carbocycles. The zero-order valence-electron chi connectivity index (χ0n) is 15.7. The minimum absolute atomic E-state index is 0.195. The summed E-state index contributed by atoms with van der Waals surface area (Å²) >= 11 is 0. The summed E-state index contributed by atoms with van der Waals surface area (Å²) in [5, 5.41) is 6.85. The summed E-state index contributed by atoms with van der Waals surface area (Å²) in [5.41, 5.74) is 0.789. The van der Waals surface area contributed by atoms with Gasteiger partial charge in [-0.1, -0.05) is 6.07 Å². The maximum atomic E-state index is 13.3. The third kappa shape index (κ3) is 4.85. The number of piperidine rings is 2. The Morgan fingerprint density at radius 2 is 1.78 bits per heavy atom. The number of benzene rings is 1. The van der Waals surface area contributed by atoms with Crippen molar-refractivity contribution in [3.63, 3.8) is 0 Å². The molecule has 0 spiro atoms. The van der Waals surface area contributed by atoms with E-state index in [1.807, 2.05) is 0 Å². The molecule has 6 heteroatoms. The van der Waals surface area contributed by atoms with Gasteiger partial charge in [0.25, 0.3) is 0 Å². The van der Waals surface area contributed by atoms with Crippen LogP contribution in [-0.4, -0.2) is 42.0 Å². The van der Waals surface area contributed by atoms with Gasteiger partial charge in [0.1, 0.15) is 0 Å². The highest BCUT2D eigenvalue weighted by Gasteiger charge is 2.34. The Morgan fingerprint density at radius 3 is 2.44 bits per heavy atom. The van der Waals surface area contributed by atoms with E-state index in [-0.39, 0.29) is 11.9 Å². The zero-order valence-corrected chi connectivity index (χ0v) is 15.7. The standard InChI is InChI=1S/C21H29F2N3O/c22-19-4-1-14(11-20(19)23)13-26-7-5-16(6-8-26)25-21(27)12-15-9-17-2-3-18(10-15)24-17/h1,4,11,15-18,24H,2-3,5-10,12-13H2,(H,25,27). The number of halogens is 2. The third-order valence-corrected chi connectivity index (χ3v) is 6.39. The van der Waals surface area contributed by atoms with Crippen LogP contribution in [0.2, 0.25) is 0 Å². The number of nitrogens with one attached hydrogen (secondary N) is 2. The monoisotopic (exact) mass is 377 g/mol. The van der Waals surface area contributed by atoms with Crippen molar-refractivity contribution < 1.29 is 13.6 Å². The molecule has 27 heavy (non-hydrogen) atoms. The molecule has 0 aromatic heterocycles. The van der Waals surface area contributed by atoms with Crippen molar-refractivity contribution in [3.8, 4) is 0 Å². The summed E-state index contributed by atoms with van der Waals surface area (Å²) in [5.74, 6) is -0.875. The Morgan fingerprint density at radius 1 is 1.07 bits per heavy atom. The number of fused-ring (bicyclic) bond motifs is 2. The van der Waals surface area contributed by atoms with Crippen LogP contribution in [0.5, 0.6) is 0 Å². The van der Waals surface area contributed by atoms with Crippen molar-refractivity contribution in [2.75, 3.05) is 13.1 Å². The molecule has 4 rings (SSSR count). The molecule has 148 valence electrons. The summed E-state index contributed by atoms with van der Waals surface area (Å²) in [7, 11) is 0. The predicted molar refractivity (Wildman–Crippen MR) is 100 cm³/mol. The van der Waals surface area contributed by atoms with Gasteiger partial charge in [0.2, 0.25) is 5.91 Å². The van der Waals surface area contributed by atoms with Crippen LogP contribution in [0.3, 0.4) is 0 Å². The van der Waals surface area contributed by atoms with Crippen molar-refractivity contribution in [2.24, 2.45) is 5.92 Å².